The van der Waals surface area contributed by atoms with E-state index in [1.165, 1.54) is 4.90 Å². The second-order valence-electron chi connectivity index (χ2n) is 2.44. The summed E-state index contributed by atoms with van der Waals surface area (Å²) in [5.74, 6) is 0.178. The molecule has 0 radical (unpaired) electrons. The SMILES string of the molecule is CSc1cc[n+](CC(=N)N)cc1. The highest BCUT2D eigenvalue weighted by atomic mass is 32.2. The van der Waals surface area contributed by atoms with Gasteiger partial charge >= 0.3 is 0 Å². The number of thioether (sulfide) groups is 1. The van der Waals surface area contributed by atoms with E-state index in [2.05, 4.69) is 0 Å². The van der Waals surface area contributed by atoms with Crippen LogP contribution in [0.5, 0.6) is 0 Å². The normalized spacial score (nSPS) is 9.75. The van der Waals surface area contributed by atoms with Crippen LogP contribution in [-0.4, -0.2) is 12.1 Å². The van der Waals surface area contributed by atoms with Crippen LogP contribution in [0.2, 0.25) is 0 Å². The highest BCUT2D eigenvalue weighted by molar-refractivity contribution is 7.98. The van der Waals surface area contributed by atoms with E-state index in [0.29, 0.717) is 6.54 Å². The molecular formula is C8H12N3S+. The summed E-state index contributed by atoms with van der Waals surface area (Å²) in [4.78, 5) is 1.22. The fraction of sp³-hybridized carbons (Fsp3) is 0.250. The van der Waals surface area contributed by atoms with Crippen molar-refractivity contribution in [2.75, 3.05) is 6.26 Å². The maximum absolute atomic E-state index is 7.08. The predicted molar refractivity (Wildman–Crippen MR) is 50.3 cm³/mol. The Hall–Kier alpha value is -1.03. The van der Waals surface area contributed by atoms with E-state index in [-0.39, 0.29) is 5.84 Å². The van der Waals surface area contributed by atoms with E-state index in [0.717, 1.165) is 0 Å². The smallest absolute Gasteiger partial charge is 0.204 e. The van der Waals surface area contributed by atoms with Gasteiger partial charge < -0.3 is 5.73 Å². The highest BCUT2D eigenvalue weighted by Crippen LogP contribution is 2.10. The zero-order chi connectivity index (χ0) is 8.97. The van der Waals surface area contributed by atoms with Gasteiger partial charge in [-0.1, -0.05) is 0 Å². The van der Waals surface area contributed by atoms with E-state index in [4.69, 9.17) is 11.1 Å². The molecular weight excluding hydrogens is 170 g/mol. The summed E-state index contributed by atoms with van der Waals surface area (Å²) in [6.45, 7) is 0.467. The molecule has 1 rings (SSSR count). The van der Waals surface area contributed by atoms with Crippen LogP contribution in [0.4, 0.5) is 0 Å². The average Bonchev–Trinajstić information content (AvgIpc) is 2.05. The van der Waals surface area contributed by atoms with Gasteiger partial charge in [0.25, 0.3) is 0 Å². The third-order valence-corrected chi connectivity index (χ3v) is 2.19. The van der Waals surface area contributed by atoms with E-state index in [1.54, 1.807) is 11.8 Å². The Morgan fingerprint density at radius 1 is 1.58 bits per heavy atom. The minimum Gasteiger partial charge on any atom is -0.382 e. The molecule has 0 aliphatic carbocycles. The molecule has 1 aromatic rings. The zero-order valence-corrected chi connectivity index (χ0v) is 7.77. The third kappa shape index (κ3) is 2.54. The lowest BCUT2D eigenvalue weighted by Crippen LogP contribution is -2.39. The second-order valence-corrected chi connectivity index (χ2v) is 3.32. The van der Waals surface area contributed by atoms with Gasteiger partial charge in [-0.25, -0.2) is 0 Å². The number of amidine groups is 1. The van der Waals surface area contributed by atoms with Crippen molar-refractivity contribution in [3.05, 3.63) is 24.5 Å². The minimum absolute atomic E-state index is 0.178. The molecule has 64 valence electrons. The average molecular weight is 182 g/mol. The molecule has 0 atom stereocenters. The first kappa shape index (κ1) is 9.06. The number of hydrogen-bond donors (Lipinski definition) is 2. The molecule has 3 N–H and O–H groups in total. The van der Waals surface area contributed by atoms with Crippen molar-refractivity contribution in [3.63, 3.8) is 0 Å². The Balaban J connectivity index is 2.71. The Kier molecular flexibility index (Phi) is 3.10. The Morgan fingerprint density at radius 2 is 2.17 bits per heavy atom. The van der Waals surface area contributed by atoms with Gasteiger partial charge in [0.05, 0.1) is 0 Å². The largest absolute Gasteiger partial charge is 0.382 e. The molecule has 0 aliphatic rings. The van der Waals surface area contributed by atoms with Gasteiger partial charge in [0.1, 0.15) is 0 Å². The summed E-state index contributed by atoms with van der Waals surface area (Å²) in [6.07, 6.45) is 5.88. The van der Waals surface area contributed by atoms with Crippen molar-refractivity contribution in [3.8, 4) is 0 Å². The number of nitrogens with one attached hydrogen (secondary N) is 1. The first-order chi connectivity index (χ1) is 5.72. The van der Waals surface area contributed by atoms with E-state index < -0.39 is 0 Å². The quantitative estimate of drug-likeness (QED) is 0.312. The minimum atomic E-state index is 0.178. The van der Waals surface area contributed by atoms with Crippen molar-refractivity contribution >= 4 is 17.6 Å². The van der Waals surface area contributed by atoms with Gasteiger partial charge in [-0.3, -0.25) is 5.41 Å². The molecule has 1 aromatic heterocycles. The summed E-state index contributed by atoms with van der Waals surface area (Å²) >= 11 is 1.70. The van der Waals surface area contributed by atoms with Crippen molar-refractivity contribution in [1.29, 1.82) is 5.41 Å². The first-order valence-electron chi connectivity index (χ1n) is 3.58. The lowest BCUT2D eigenvalue weighted by Gasteiger charge is -1.95. The Bertz CT molecular complexity index is 268. The molecule has 12 heavy (non-hydrogen) atoms. The third-order valence-electron chi connectivity index (χ3n) is 1.45. The maximum atomic E-state index is 7.08. The lowest BCUT2D eigenvalue weighted by atomic mass is 10.4. The number of rotatable bonds is 3. The van der Waals surface area contributed by atoms with Gasteiger partial charge in [0.15, 0.2) is 18.2 Å². The van der Waals surface area contributed by atoms with Gasteiger partial charge in [0.2, 0.25) is 6.54 Å². The molecule has 1 heterocycles. The summed E-state index contributed by atoms with van der Waals surface area (Å²) in [5, 5.41) is 7.08. The number of nitrogens with zero attached hydrogens (tertiary/aromatic N) is 1. The van der Waals surface area contributed by atoms with Crippen LogP contribution in [0.3, 0.4) is 0 Å². The molecule has 0 spiro atoms. The standard InChI is InChI=1S/C8H12N3S/c1-12-7-2-4-11(5-3-7)6-8(9)10/h2-5H,6H2,1H3,(H3,9,10)/q+1. The van der Waals surface area contributed by atoms with E-state index in [1.807, 2.05) is 35.3 Å². The summed E-state index contributed by atoms with van der Waals surface area (Å²) in [7, 11) is 0. The van der Waals surface area contributed by atoms with E-state index >= 15 is 0 Å². The maximum Gasteiger partial charge on any atom is 0.204 e. The molecule has 4 heteroatoms. The molecule has 0 fully saturated rings. The molecule has 3 nitrogen and oxygen atoms in total. The van der Waals surface area contributed by atoms with Gasteiger partial charge in [-0.2, -0.15) is 4.57 Å². The molecule has 0 unspecified atom stereocenters. The first-order valence-corrected chi connectivity index (χ1v) is 4.81. The van der Waals surface area contributed by atoms with Crippen LogP contribution in [-0.2, 0) is 6.54 Å². The van der Waals surface area contributed by atoms with Crippen molar-refractivity contribution in [1.82, 2.24) is 0 Å². The van der Waals surface area contributed by atoms with Crippen LogP contribution >= 0.6 is 11.8 Å². The molecule has 0 aromatic carbocycles. The monoisotopic (exact) mass is 182 g/mol. The molecule has 0 bridgehead atoms. The summed E-state index contributed by atoms with van der Waals surface area (Å²) in [6, 6.07) is 4.02. The van der Waals surface area contributed by atoms with Gasteiger partial charge in [-0.15, -0.1) is 11.8 Å². The number of aromatic nitrogens is 1. The van der Waals surface area contributed by atoms with Crippen LogP contribution in [0.15, 0.2) is 29.4 Å². The molecule has 0 aliphatic heterocycles. The van der Waals surface area contributed by atoms with Crippen LogP contribution in [0.1, 0.15) is 0 Å². The van der Waals surface area contributed by atoms with Gasteiger partial charge in [-0.05, 0) is 6.26 Å². The highest BCUT2D eigenvalue weighted by Gasteiger charge is 2.00. The topological polar surface area (TPSA) is 53.8 Å². The predicted octanol–water partition coefficient (Wildman–Crippen LogP) is 0.632. The van der Waals surface area contributed by atoms with Gasteiger partial charge in [0, 0.05) is 17.0 Å². The lowest BCUT2D eigenvalue weighted by molar-refractivity contribution is -0.682. The number of nitrogens with two attached hydrogens (primary N) is 1. The molecule has 0 amide bonds. The fourth-order valence-electron chi connectivity index (χ4n) is 0.882. The fourth-order valence-corrected chi connectivity index (χ4v) is 1.28. The molecule has 0 saturated heterocycles. The number of hydrogen-bond acceptors (Lipinski definition) is 2. The van der Waals surface area contributed by atoms with Crippen LogP contribution in [0, 0.1) is 5.41 Å². The summed E-state index contributed by atoms with van der Waals surface area (Å²) in [5.41, 5.74) is 5.25. The van der Waals surface area contributed by atoms with Crippen molar-refractivity contribution < 1.29 is 4.57 Å². The molecule has 0 saturated carbocycles. The Morgan fingerprint density at radius 3 is 2.58 bits per heavy atom. The number of pyridine rings is 1. The Labute approximate surface area is 76.1 Å². The van der Waals surface area contributed by atoms with E-state index in [9.17, 15) is 0 Å². The zero-order valence-electron chi connectivity index (χ0n) is 6.95. The van der Waals surface area contributed by atoms with Crippen LogP contribution in [0.25, 0.3) is 0 Å². The second kappa shape index (κ2) is 4.11. The summed E-state index contributed by atoms with van der Waals surface area (Å²) < 4.78 is 1.88. The van der Waals surface area contributed by atoms with Crippen molar-refractivity contribution in [2.45, 2.75) is 11.4 Å². The van der Waals surface area contributed by atoms with Crippen molar-refractivity contribution in [2.24, 2.45) is 5.73 Å². The van der Waals surface area contributed by atoms with Crippen LogP contribution < -0.4 is 10.3 Å².